The molecule has 10 heteroatoms. The van der Waals surface area contributed by atoms with E-state index in [1.165, 1.54) is 179 Å². The molecular formula is C71H72N10. The van der Waals surface area contributed by atoms with Gasteiger partial charge in [-0.05, 0) is 213 Å². The highest BCUT2D eigenvalue weighted by atomic mass is 14.8. The van der Waals surface area contributed by atoms with E-state index in [1.807, 2.05) is 56.4 Å². The van der Waals surface area contributed by atoms with Gasteiger partial charge in [-0.1, -0.05) is 12.1 Å². The van der Waals surface area contributed by atoms with Crippen LogP contribution in [0.2, 0.25) is 0 Å². The SMILES string of the molecule is Cc1ccc2c(n1)Cc1ncc(C)c(C)c1-2.Cc1ccnc2c1-c1c(nc(C)c(C)c1C)C2.Cc1cnc2c(c1)-c1c(ncc(C)c1C)C2.Cc1cnc2c(c1C)-c1c(C)ccnc1C2.Cc1nc2c(c(C)c1C)-c1cccnc1C2. The molecule has 10 heterocycles. The van der Waals surface area contributed by atoms with Gasteiger partial charge in [0.2, 0.25) is 0 Å². The standard InChI is InChI=1S/C15H16N2.4C14H14N2/c1-8-5-6-16-12-7-13-15(14(8)12)10(3)9(2)11(4)17-13;1-8-4-11-12(15-6-8)5-13-14(11)10(3)9(2)7-16-13;1-8-7-15-13-6-12-11(14(13)10(8)3)5-4-9(2)16-12;1-8-4-5-15-11-6-12-14(13(8)11)10(3)9(2)7-16-12;1-8-9(2)14-11-5-4-6-15-12(11)7-13(14)16-10(8)3/h5-6H,7H2,1-4H3;4,6-7H,5H2,1-3H3;2*4-5,7H,6H2,1-3H3;4-6H,7H2,1-3H3. The quantitative estimate of drug-likeness (QED) is 0.145. The van der Waals surface area contributed by atoms with E-state index in [2.05, 4.69) is 185 Å². The van der Waals surface area contributed by atoms with E-state index in [-0.39, 0.29) is 0 Å². The molecule has 81 heavy (non-hydrogen) atoms. The van der Waals surface area contributed by atoms with Gasteiger partial charge < -0.3 is 0 Å². The third-order valence-electron chi connectivity index (χ3n) is 17.7. The third-order valence-corrected chi connectivity index (χ3v) is 17.7. The topological polar surface area (TPSA) is 129 Å². The summed E-state index contributed by atoms with van der Waals surface area (Å²) in [7, 11) is 0. The number of aryl methyl sites for hydroxylation is 9. The van der Waals surface area contributed by atoms with Gasteiger partial charge in [0.05, 0.1) is 56.9 Å². The first-order valence-electron chi connectivity index (χ1n) is 28.3. The molecule has 10 aromatic heterocycles. The highest BCUT2D eigenvalue weighted by molar-refractivity contribution is 5.83. The second-order valence-corrected chi connectivity index (χ2v) is 22.9. The van der Waals surface area contributed by atoms with E-state index in [9.17, 15) is 0 Å². The van der Waals surface area contributed by atoms with Crippen LogP contribution in [0, 0.1) is 111 Å². The van der Waals surface area contributed by atoms with Crippen LogP contribution in [0.15, 0.2) is 85.8 Å². The van der Waals surface area contributed by atoms with Crippen molar-refractivity contribution in [3.63, 3.8) is 0 Å². The van der Waals surface area contributed by atoms with Gasteiger partial charge in [-0.25, -0.2) is 0 Å². The number of nitrogens with zero attached hydrogens (tertiary/aromatic N) is 10. The Hall–Kier alpha value is -8.50. The van der Waals surface area contributed by atoms with Crippen molar-refractivity contribution >= 4 is 0 Å². The van der Waals surface area contributed by atoms with Crippen molar-refractivity contribution in [1.82, 2.24) is 49.8 Å². The zero-order valence-corrected chi connectivity index (χ0v) is 50.1. The number of pyridine rings is 10. The second-order valence-electron chi connectivity index (χ2n) is 22.9. The van der Waals surface area contributed by atoms with Gasteiger partial charge in [0.25, 0.3) is 0 Å². The summed E-state index contributed by atoms with van der Waals surface area (Å²) in [6, 6.07) is 14.8. The minimum Gasteiger partial charge on any atom is -0.260 e. The van der Waals surface area contributed by atoms with Gasteiger partial charge in [-0.3, -0.25) is 49.8 Å². The average molecular weight is 1070 g/mol. The fourth-order valence-corrected chi connectivity index (χ4v) is 12.4. The summed E-state index contributed by atoms with van der Waals surface area (Å²) < 4.78 is 0. The first kappa shape index (κ1) is 54.5. The van der Waals surface area contributed by atoms with Crippen LogP contribution in [0.5, 0.6) is 0 Å². The molecule has 0 fully saturated rings. The van der Waals surface area contributed by atoms with Gasteiger partial charge in [-0.15, -0.1) is 0 Å². The Bertz CT molecular complexity index is 4230. The van der Waals surface area contributed by atoms with Gasteiger partial charge in [0.1, 0.15) is 0 Å². The van der Waals surface area contributed by atoms with Crippen LogP contribution in [0.4, 0.5) is 0 Å². The van der Waals surface area contributed by atoms with Crippen molar-refractivity contribution in [2.75, 3.05) is 0 Å². The third kappa shape index (κ3) is 9.82. The lowest BCUT2D eigenvalue weighted by Gasteiger charge is -2.12. The van der Waals surface area contributed by atoms with Crippen LogP contribution < -0.4 is 0 Å². The monoisotopic (exact) mass is 1060 g/mol. The van der Waals surface area contributed by atoms with Crippen molar-refractivity contribution < 1.29 is 0 Å². The van der Waals surface area contributed by atoms with Gasteiger partial charge >= 0.3 is 0 Å². The first-order chi connectivity index (χ1) is 38.8. The lowest BCUT2D eigenvalue weighted by Crippen LogP contribution is -1.98. The van der Waals surface area contributed by atoms with E-state index < -0.39 is 0 Å². The summed E-state index contributed by atoms with van der Waals surface area (Å²) in [6.07, 6.45) is 17.9. The van der Waals surface area contributed by atoms with Crippen LogP contribution in [0.25, 0.3) is 55.6 Å². The molecule has 10 aromatic rings. The normalized spacial score (nSPS) is 12.4. The van der Waals surface area contributed by atoms with E-state index in [0.717, 1.165) is 54.9 Å². The van der Waals surface area contributed by atoms with E-state index in [1.54, 1.807) is 0 Å². The molecule has 5 aliphatic carbocycles. The van der Waals surface area contributed by atoms with Crippen LogP contribution in [-0.2, 0) is 32.1 Å². The number of fused-ring (bicyclic) bond motifs is 15. The first-order valence-corrected chi connectivity index (χ1v) is 28.3. The Morgan fingerprint density at radius 2 is 0.667 bits per heavy atom. The summed E-state index contributed by atoms with van der Waals surface area (Å²) in [4.78, 5) is 45.5. The van der Waals surface area contributed by atoms with E-state index >= 15 is 0 Å². The van der Waals surface area contributed by atoms with Gasteiger partial charge in [0, 0.05) is 148 Å². The van der Waals surface area contributed by atoms with Crippen molar-refractivity contribution in [2.45, 2.75) is 143 Å². The Morgan fingerprint density at radius 1 is 0.272 bits per heavy atom. The van der Waals surface area contributed by atoms with E-state index in [4.69, 9.17) is 4.98 Å². The minimum atomic E-state index is 0.881. The van der Waals surface area contributed by atoms with E-state index in [0.29, 0.717) is 0 Å². The molecule has 15 rings (SSSR count). The molecule has 0 radical (unpaired) electrons. The maximum Gasteiger partial charge on any atom is 0.0548 e. The smallest absolute Gasteiger partial charge is 0.0548 e. The molecular weight excluding hydrogens is 993 g/mol. The lowest BCUT2D eigenvalue weighted by atomic mass is 9.97. The minimum absolute atomic E-state index is 0.881. The molecule has 406 valence electrons. The zero-order valence-electron chi connectivity index (χ0n) is 50.1. The predicted molar refractivity (Wildman–Crippen MR) is 327 cm³/mol. The molecule has 0 atom stereocenters. The average Bonchev–Trinajstić information content (AvgIpc) is 4.48. The maximum atomic E-state index is 4.73. The predicted octanol–water partition coefficient (Wildman–Crippen LogP) is 15.2. The lowest BCUT2D eigenvalue weighted by molar-refractivity contribution is 1.01. The molecule has 0 saturated carbocycles. The molecule has 0 saturated heterocycles. The summed E-state index contributed by atoms with van der Waals surface area (Å²) >= 11 is 0. The molecule has 0 aromatic carbocycles. The fourth-order valence-electron chi connectivity index (χ4n) is 12.4. The van der Waals surface area contributed by atoms with Crippen LogP contribution >= 0.6 is 0 Å². The van der Waals surface area contributed by atoms with Crippen molar-refractivity contribution in [3.8, 4) is 55.6 Å². The molecule has 0 unspecified atom stereocenters. The number of hydrogen-bond acceptors (Lipinski definition) is 10. The Morgan fingerprint density at radius 3 is 1.26 bits per heavy atom. The molecule has 10 nitrogen and oxygen atoms in total. The van der Waals surface area contributed by atoms with Crippen LogP contribution in [0.1, 0.15) is 146 Å². The van der Waals surface area contributed by atoms with Crippen LogP contribution in [0.3, 0.4) is 0 Å². The Kier molecular flexibility index (Phi) is 14.5. The largest absolute Gasteiger partial charge is 0.260 e. The molecule has 0 N–H and O–H groups in total. The van der Waals surface area contributed by atoms with Crippen molar-refractivity contribution in [2.24, 2.45) is 0 Å². The van der Waals surface area contributed by atoms with Crippen LogP contribution in [-0.4, -0.2) is 49.8 Å². The van der Waals surface area contributed by atoms with Gasteiger partial charge in [-0.2, -0.15) is 0 Å². The molecule has 0 amide bonds. The fraction of sp³-hybridized carbons (Fsp3) is 0.296. The Labute approximate surface area is 478 Å². The van der Waals surface area contributed by atoms with Crippen molar-refractivity contribution in [3.05, 3.63) is 232 Å². The number of rotatable bonds is 0. The second kappa shape index (κ2) is 21.5. The summed E-state index contributed by atoms with van der Waals surface area (Å²) in [5, 5.41) is 0. The van der Waals surface area contributed by atoms with Gasteiger partial charge in [0.15, 0.2) is 0 Å². The summed E-state index contributed by atoms with van der Waals surface area (Å²) in [5.74, 6) is 0. The maximum absolute atomic E-state index is 4.73. The molecule has 0 aliphatic heterocycles. The molecule has 5 aliphatic rings. The number of hydrogen-bond donors (Lipinski definition) is 0. The van der Waals surface area contributed by atoms with Crippen molar-refractivity contribution in [1.29, 1.82) is 0 Å². The summed E-state index contributed by atoms with van der Waals surface area (Å²) in [6.45, 7) is 34.2. The Balaban J connectivity index is 0.000000107. The highest BCUT2D eigenvalue weighted by Crippen LogP contribution is 2.43. The zero-order chi connectivity index (χ0) is 57.3. The highest BCUT2D eigenvalue weighted by Gasteiger charge is 2.29. The number of aromatic nitrogens is 10. The summed E-state index contributed by atoms with van der Waals surface area (Å²) in [5.41, 5.74) is 45.1. The molecule has 0 bridgehead atoms. The molecule has 0 spiro atoms.